The first kappa shape index (κ1) is 28.0. The topological polar surface area (TPSA) is 108 Å². The fraction of sp³-hybridized carbons (Fsp3) is 0.679. The van der Waals surface area contributed by atoms with E-state index in [1.54, 1.807) is 4.90 Å². The summed E-state index contributed by atoms with van der Waals surface area (Å²) in [6.45, 7) is 8.08. The quantitative estimate of drug-likeness (QED) is 0.350. The monoisotopic (exact) mass is 577 g/mol. The molecule has 3 aliphatic heterocycles. The first-order valence-corrected chi connectivity index (χ1v) is 14.5. The molecule has 1 aromatic carbocycles. The lowest BCUT2D eigenvalue weighted by atomic mass is 9.70. The lowest BCUT2D eigenvalue weighted by molar-refractivity contribution is -0.147. The Morgan fingerprint density at radius 3 is 2.54 bits per heavy atom. The molecule has 3 fully saturated rings. The minimum atomic E-state index is -1.12. The zero-order chi connectivity index (χ0) is 26.9. The summed E-state index contributed by atoms with van der Waals surface area (Å²) in [5, 5.41) is 16.5. The van der Waals surface area contributed by atoms with Crippen LogP contribution in [-0.4, -0.2) is 69.0 Å². The Kier molecular flexibility index (Phi) is 8.65. The molecule has 204 valence electrons. The second kappa shape index (κ2) is 11.4. The van der Waals surface area contributed by atoms with Crippen molar-refractivity contribution < 1.29 is 24.2 Å². The minimum Gasteiger partial charge on any atom is -0.394 e. The van der Waals surface area contributed by atoms with Gasteiger partial charge in [-0.3, -0.25) is 14.4 Å². The standard InChI is InChI=1S/C28H40BrN3O5/c1-5-10-17(4)31-26(35)24-28-13-19(29)23(37-28)21(25(34)30-14-18-11-8-7-9-12-18)22(28)27(36)32(24)20(15-33)16(3)6-2/h7-9,11-12,16-17,19-24,33H,5-6,10,13-15H2,1-4H3,(H,30,34)(H,31,35)/t16-,17?,19?,20-,21-,22-,23-,24?,28?/m0/s1. The average Bonchev–Trinajstić information content (AvgIpc) is 3.47. The van der Waals surface area contributed by atoms with Crippen molar-refractivity contribution in [2.24, 2.45) is 17.8 Å². The number of hydrogen-bond acceptors (Lipinski definition) is 5. The number of carbonyl (C=O) groups excluding carboxylic acids is 3. The van der Waals surface area contributed by atoms with Crippen molar-refractivity contribution in [3.05, 3.63) is 35.9 Å². The summed E-state index contributed by atoms with van der Waals surface area (Å²) < 4.78 is 6.55. The number of amides is 3. The van der Waals surface area contributed by atoms with Crippen LogP contribution in [0.3, 0.4) is 0 Å². The predicted molar refractivity (Wildman–Crippen MR) is 144 cm³/mol. The molecule has 1 spiro atoms. The highest BCUT2D eigenvalue weighted by Gasteiger charge is 2.77. The van der Waals surface area contributed by atoms with Crippen LogP contribution in [0.15, 0.2) is 30.3 Å². The molecule has 8 nitrogen and oxygen atoms in total. The third kappa shape index (κ3) is 4.94. The summed E-state index contributed by atoms with van der Waals surface area (Å²) >= 11 is 3.70. The Morgan fingerprint density at radius 1 is 1.22 bits per heavy atom. The van der Waals surface area contributed by atoms with Crippen LogP contribution in [0.4, 0.5) is 0 Å². The number of fused-ring (bicyclic) bond motifs is 1. The highest BCUT2D eigenvalue weighted by atomic mass is 79.9. The van der Waals surface area contributed by atoms with Crippen LogP contribution >= 0.6 is 15.9 Å². The molecule has 3 saturated heterocycles. The van der Waals surface area contributed by atoms with Gasteiger partial charge in [0.15, 0.2) is 0 Å². The molecule has 1 aromatic rings. The van der Waals surface area contributed by atoms with Gasteiger partial charge in [-0.05, 0) is 31.2 Å². The third-order valence-corrected chi connectivity index (χ3v) is 9.39. The Hall–Kier alpha value is -1.97. The van der Waals surface area contributed by atoms with Crippen molar-refractivity contribution in [1.82, 2.24) is 15.5 Å². The second-order valence-electron chi connectivity index (χ2n) is 10.9. The second-order valence-corrected chi connectivity index (χ2v) is 12.1. The highest BCUT2D eigenvalue weighted by molar-refractivity contribution is 9.09. The van der Waals surface area contributed by atoms with Gasteiger partial charge in [-0.1, -0.05) is 79.9 Å². The Labute approximate surface area is 228 Å². The number of halogens is 1. The van der Waals surface area contributed by atoms with E-state index >= 15 is 0 Å². The van der Waals surface area contributed by atoms with Gasteiger partial charge in [-0.25, -0.2) is 0 Å². The molecule has 3 aliphatic rings. The maximum absolute atomic E-state index is 14.2. The van der Waals surface area contributed by atoms with Crippen LogP contribution in [-0.2, 0) is 25.7 Å². The Bertz CT molecular complexity index is 993. The van der Waals surface area contributed by atoms with Crippen molar-refractivity contribution in [2.75, 3.05) is 6.61 Å². The first-order chi connectivity index (χ1) is 17.7. The number of nitrogens with one attached hydrogen (secondary N) is 2. The predicted octanol–water partition coefficient (Wildman–Crippen LogP) is 2.76. The number of aliphatic hydroxyl groups excluding tert-OH is 1. The van der Waals surface area contributed by atoms with E-state index in [0.717, 1.165) is 24.8 Å². The molecule has 4 rings (SSSR count). The van der Waals surface area contributed by atoms with Gasteiger partial charge in [0.1, 0.15) is 11.6 Å². The van der Waals surface area contributed by atoms with E-state index in [-0.39, 0.29) is 41.1 Å². The minimum absolute atomic E-state index is 0.0325. The third-order valence-electron chi connectivity index (χ3n) is 8.54. The van der Waals surface area contributed by atoms with E-state index in [4.69, 9.17) is 4.74 Å². The lowest BCUT2D eigenvalue weighted by Crippen LogP contribution is -2.60. The van der Waals surface area contributed by atoms with Crippen LogP contribution in [0.25, 0.3) is 0 Å². The highest BCUT2D eigenvalue weighted by Crippen LogP contribution is 2.60. The van der Waals surface area contributed by atoms with Crippen molar-refractivity contribution in [2.45, 2.75) is 94.6 Å². The van der Waals surface area contributed by atoms with Gasteiger partial charge in [0.2, 0.25) is 17.7 Å². The van der Waals surface area contributed by atoms with Gasteiger partial charge < -0.3 is 25.4 Å². The number of rotatable bonds is 11. The molecule has 4 unspecified atom stereocenters. The first-order valence-electron chi connectivity index (χ1n) is 13.6. The summed E-state index contributed by atoms with van der Waals surface area (Å²) in [7, 11) is 0. The summed E-state index contributed by atoms with van der Waals surface area (Å²) in [5.41, 5.74) is -0.162. The van der Waals surface area contributed by atoms with Gasteiger partial charge in [0.05, 0.1) is 30.6 Å². The molecule has 0 aliphatic carbocycles. The van der Waals surface area contributed by atoms with Crippen molar-refractivity contribution in [3.63, 3.8) is 0 Å². The summed E-state index contributed by atoms with van der Waals surface area (Å²) in [6.07, 6.45) is 2.41. The fourth-order valence-corrected chi connectivity index (χ4v) is 7.51. The van der Waals surface area contributed by atoms with Gasteiger partial charge in [-0.15, -0.1) is 0 Å². The summed E-state index contributed by atoms with van der Waals surface area (Å²) in [5.74, 6) is -2.33. The van der Waals surface area contributed by atoms with Crippen molar-refractivity contribution >= 4 is 33.7 Å². The van der Waals surface area contributed by atoms with E-state index < -0.39 is 35.6 Å². The lowest BCUT2D eigenvalue weighted by Gasteiger charge is -2.39. The number of benzene rings is 1. The molecular weight excluding hydrogens is 538 g/mol. The van der Waals surface area contributed by atoms with E-state index in [1.807, 2.05) is 51.1 Å². The average molecular weight is 579 g/mol. The van der Waals surface area contributed by atoms with Crippen molar-refractivity contribution in [3.8, 4) is 0 Å². The molecule has 9 heteroatoms. The number of hydrogen-bond donors (Lipinski definition) is 3. The number of alkyl halides is 1. The zero-order valence-corrected chi connectivity index (χ0v) is 23.7. The summed E-state index contributed by atoms with van der Waals surface area (Å²) in [6, 6.07) is 8.10. The van der Waals surface area contributed by atoms with Gasteiger partial charge >= 0.3 is 0 Å². The maximum atomic E-state index is 14.2. The number of carbonyl (C=O) groups is 3. The van der Waals surface area contributed by atoms with Gasteiger partial charge in [-0.2, -0.15) is 0 Å². The summed E-state index contributed by atoms with van der Waals surface area (Å²) in [4.78, 5) is 43.0. The number of likely N-dealkylation sites (tertiary alicyclic amines) is 1. The Balaban J connectivity index is 1.69. The molecule has 37 heavy (non-hydrogen) atoms. The van der Waals surface area contributed by atoms with Crippen LogP contribution in [0, 0.1) is 17.8 Å². The molecular formula is C28H40BrN3O5. The SMILES string of the molecule is CCCC(C)NC(=O)C1N([C@@H](CO)[C@@H](C)CC)C(=O)[C@@H]2[C@H](C(=O)NCc3ccccc3)[C@H]3OC12CC3Br. The van der Waals surface area contributed by atoms with Crippen LogP contribution in [0.2, 0.25) is 0 Å². The number of ether oxygens (including phenoxy) is 1. The largest absolute Gasteiger partial charge is 0.394 e. The van der Waals surface area contributed by atoms with E-state index in [9.17, 15) is 19.5 Å². The van der Waals surface area contributed by atoms with Crippen LogP contribution < -0.4 is 10.6 Å². The molecule has 3 N–H and O–H groups in total. The molecule has 0 aromatic heterocycles. The number of aliphatic hydroxyl groups is 1. The molecule has 0 saturated carbocycles. The maximum Gasteiger partial charge on any atom is 0.246 e. The van der Waals surface area contributed by atoms with Crippen molar-refractivity contribution in [1.29, 1.82) is 0 Å². The van der Waals surface area contributed by atoms with Crippen LogP contribution in [0.1, 0.15) is 58.9 Å². The van der Waals surface area contributed by atoms with E-state index in [2.05, 4.69) is 33.5 Å². The Morgan fingerprint density at radius 2 is 1.92 bits per heavy atom. The molecule has 2 bridgehead atoms. The van der Waals surface area contributed by atoms with E-state index in [0.29, 0.717) is 13.0 Å². The van der Waals surface area contributed by atoms with Gasteiger partial charge in [0, 0.05) is 17.4 Å². The molecule has 3 amide bonds. The van der Waals surface area contributed by atoms with Crippen LogP contribution in [0.5, 0.6) is 0 Å². The fourth-order valence-electron chi connectivity index (χ4n) is 6.57. The van der Waals surface area contributed by atoms with E-state index in [1.165, 1.54) is 0 Å². The number of nitrogens with zero attached hydrogens (tertiary/aromatic N) is 1. The molecule has 9 atom stereocenters. The smallest absolute Gasteiger partial charge is 0.246 e. The molecule has 3 heterocycles. The molecule has 0 radical (unpaired) electrons. The normalized spacial score (nSPS) is 32.6. The zero-order valence-electron chi connectivity index (χ0n) is 22.2. The van der Waals surface area contributed by atoms with Gasteiger partial charge in [0.25, 0.3) is 0 Å².